The molecule has 3 aromatic rings. The predicted octanol–water partition coefficient (Wildman–Crippen LogP) is 4.00. The smallest absolute Gasteiger partial charge is 0.255 e. The Bertz CT molecular complexity index is 1230. The SMILES string of the molecule is COc1ccc(C(=O)Nc2cccc(Cn3ccnc3C(C)C)c2)cc1S(=O)(=O)NC(C)C. The number of nitrogens with one attached hydrogen (secondary N) is 2. The van der Waals surface area contributed by atoms with Gasteiger partial charge in [0.1, 0.15) is 16.5 Å². The van der Waals surface area contributed by atoms with Gasteiger partial charge in [-0.05, 0) is 49.7 Å². The van der Waals surface area contributed by atoms with Crippen molar-refractivity contribution in [1.29, 1.82) is 0 Å². The molecule has 0 unspecified atom stereocenters. The first-order chi connectivity index (χ1) is 15.6. The van der Waals surface area contributed by atoms with Gasteiger partial charge in [-0.1, -0.05) is 26.0 Å². The standard InChI is InChI=1S/C24H30N4O4S/c1-16(2)23-25-11-12-28(23)15-18-7-6-8-20(13-18)26-24(29)19-9-10-21(32-5)22(14-19)33(30,31)27-17(3)4/h6-14,16-17,27H,15H2,1-5H3,(H,26,29). The lowest BCUT2D eigenvalue weighted by molar-refractivity contribution is 0.102. The van der Waals surface area contributed by atoms with E-state index >= 15 is 0 Å². The van der Waals surface area contributed by atoms with Gasteiger partial charge in [-0.15, -0.1) is 0 Å². The number of carbonyl (C=O) groups excluding carboxylic acids is 1. The van der Waals surface area contributed by atoms with Crippen molar-refractivity contribution in [2.75, 3.05) is 12.4 Å². The average Bonchev–Trinajstić information content (AvgIpc) is 3.21. The van der Waals surface area contributed by atoms with Crippen molar-refractivity contribution < 1.29 is 17.9 Å². The first-order valence-corrected chi connectivity index (χ1v) is 12.2. The third-order valence-corrected chi connectivity index (χ3v) is 6.59. The minimum atomic E-state index is -3.84. The van der Waals surface area contributed by atoms with E-state index in [1.54, 1.807) is 26.1 Å². The molecule has 1 amide bonds. The number of benzene rings is 2. The number of ether oxygens (including phenoxy) is 1. The van der Waals surface area contributed by atoms with E-state index in [2.05, 4.69) is 33.4 Å². The minimum absolute atomic E-state index is 0.0820. The van der Waals surface area contributed by atoms with Crippen molar-refractivity contribution in [3.8, 4) is 5.75 Å². The maximum atomic E-state index is 12.9. The molecule has 3 rings (SSSR count). The Hall–Kier alpha value is -3.17. The van der Waals surface area contributed by atoms with Crippen LogP contribution in [0.1, 0.15) is 55.4 Å². The molecular formula is C24H30N4O4S. The van der Waals surface area contributed by atoms with Gasteiger partial charge in [0.05, 0.1) is 7.11 Å². The molecule has 2 aromatic carbocycles. The van der Waals surface area contributed by atoms with Crippen LogP contribution >= 0.6 is 0 Å². The van der Waals surface area contributed by atoms with Gasteiger partial charge in [-0.25, -0.2) is 18.1 Å². The molecule has 176 valence electrons. The van der Waals surface area contributed by atoms with Crippen molar-refractivity contribution in [2.45, 2.75) is 51.1 Å². The highest BCUT2D eigenvalue weighted by Gasteiger charge is 2.22. The van der Waals surface area contributed by atoms with E-state index in [-0.39, 0.29) is 22.3 Å². The number of hydrogen-bond acceptors (Lipinski definition) is 5. The van der Waals surface area contributed by atoms with Gasteiger partial charge in [-0.2, -0.15) is 0 Å². The van der Waals surface area contributed by atoms with E-state index in [4.69, 9.17) is 4.74 Å². The first kappa shape index (κ1) is 24.5. The molecule has 0 aliphatic heterocycles. The summed E-state index contributed by atoms with van der Waals surface area (Å²) in [4.78, 5) is 17.2. The number of imidazole rings is 1. The highest BCUT2D eigenvalue weighted by atomic mass is 32.2. The van der Waals surface area contributed by atoms with Crippen LogP contribution in [-0.2, 0) is 16.6 Å². The van der Waals surface area contributed by atoms with Crippen LogP contribution < -0.4 is 14.8 Å². The van der Waals surface area contributed by atoms with Gasteiger partial charge in [0.25, 0.3) is 5.91 Å². The van der Waals surface area contributed by atoms with Crippen LogP contribution in [0.3, 0.4) is 0 Å². The molecule has 0 bridgehead atoms. The second-order valence-corrected chi connectivity index (χ2v) is 10.0. The molecule has 1 heterocycles. The van der Waals surface area contributed by atoms with E-state index in [9.17, 15) is 13.2 Å². The molecule has 9 heteroatoms. The third-order valence-electron chi connectivity index (χ3n) is 4.91. The normalized spacial score (nSPS) is 11.7. The van der Waals surface area contributed by atoms with Crippen LogP contribution in [0.15, 0.2) is 59.8 Å². The molecule has 33 heavy (non-hydrogen) atoms. The van der Waals surface area contributed by atoms with Crippen molar-refractivity contribution in [3.05, 3.63) is 71.8 Å². The topological polar surface area (TPSA) is 102 Å². The molecular weight excluding hydrogens is 440 g/mol. The molecule has 0 radical (unpaired) electrons. The molecule has 0 aliphatic carbocycles. The number of anilines is 1. The molecule has 8 nitrogen and oxygen atoms in total. The maximum absolute atomic E-state index is 12.9. The summed E-state index contributed by atoms with van der Waals surface area (Å²) in [6.07, 6.45) is 3.72. The van der Waals surface area contributed by atoms with Crippen molar-refractivity contribution in [2.24, 2.45) is 0 Å². The summed E-state index contributed by atoms with van der Waals surface area (Å²) in [7, 11) is -2.45. The highest BCUT2D eigenvalue weighted by molar-refractivity contribution is 7.89. The Morgan fingerprint density at radius 3 is 2.55 bits per heavy atom. The Balaban J connectivity index is 1.82. The lowest BCUT2D eigenvalue weighted by Gasteiger charge is -2.14. The van der Waals surface area contributed by atoms with Gasteiger partial charge < -0.3 is 14.6 Å². The second kappa shape index (κ2) is 10.2. The number of hydrogen-bond donors (Lipinski definition) is 2. The van der Waals surface area contributed by atoms with Gasteiger partial charge in [0.2, 0.25) is 10.0 Å². The Kier molecular flexibility index (Phi) is 7.55. The Morgan fingerprint density at radius 2 is 1.88 bits per heavy atom. The van der Waals surface area contributed by atoms with Crippen molar-refractivity contribution >= 4 is 21.6 Å². The largest absolute Gasteiger partial charge is 0.495 e. The number of rotatable bonds is 9. The molecule has 0 saturated heterocycles. The van der Waals surface area contributed by atoms with E-state index in [0.29, 0.717) is 18.2 Å². The van der Waals surface area contributed by atoms with Gasteiger partial charge in [0, 0.05) is 42.1 Å². The third kappa shape index (κ3) is 6.00. The van der Waals surface area contributed by atoms with Gasteiger partial charge in [0.15, 0.2) is 0 Å². The van der Waals surface area contributed by atoms with Gasteiger partial charge in [-0.3, -0.25) is 4.79 Å². The second-order valence-electron chi connectivity index (χ2n) is 8.36. The predicted molar refractivity (Wildman–Crippen MR) is 128 cm³/mol. The highest BCUT2D eigenvalue weighted by Crippen LogP contribution is 2.26. The van der Waals surface area contributed by atoms with Crippen LogP contribution in [0.25, 0.3) is 0 Å². The number of nitrogens with zero attached hydrogens (tertiary/aromatic N) is 2. The quantitative estimate of drug-likeness (QED) is 0.492. The molecule has 0 aliphatic rings. The zero-order valence-electron chi connectivity index (χ0n) is 19.5. The van der Waals surface area contributed by atoms with Crippen LogP contribution in [-0.4, -0.2) is 37.0 Å². The summed E-state index contributed by atoms with van der Waals surface area (Å²) in [5.41, 5.74) is 1.83. The Morgan fingerprint density at radius 1 is 1.12 bits per heavy atom. The first-order valence-electron chi connectivity index (χ1n) is 10.7. The number of sulfonamides is 1. The van der Waals surface area contributed by atoms with Crippen LogP contribution in [0.4, 0.5) is 5.69 Å². The average molecular weight is 471 g/mol. The van der Waals surface area contributed by atoms with E-state index in [1.807, 2.05) is 24.4 Å². The molecule has 0 fully saturated rings. The zero-order valence-corrected chi connectivity index (χ0v) is 20.3. The summed E-state index contributed by atoms with van der Waals surface area (Å²) >= 11 is 0. The van der Waals surface area contributed by atoms with E-state index in [1.165, 1.54) is 25.3 Å². The monoisotopic (exact) mass is 470 g/mol. The fraction of sp³-hybridized carbons (Fsp3) is 0.333. The fourth-order valence-corrected chi connectivity index (χ4v) is 4.95. The number of aromatic nitrogens is 2. The summed E-state index contributed by atoms with van der Waals surface area (Å²) in [5, 5.41) is 2.85. The molecule has 0 saturated carbocycles. The molecule has 1 aromatic heterocycles. The van der Waals surface area contributed by atoms with Crippen molar-refractivity contribution in [3.63, 3.8) is 0 Å². The summed E-state index contributed by atoms with van der Waals surface area (Å²) < 4.78 is 35.2. The fourth-order valence-electron chi connectivity index (χ4n) is 3.50. The van der Waals surface area contributed by atoms with E-state index in [0.717, 1.165) is 11.4 Å². The van der Waals surface area contributed by atoms with Crippen LogP contribution in [0.2, 0.25) is 0 Å². The number of amides is 1. The summed E-state index contributed by atoms with van der Waals surface area (Å²) in [6, 6.07) is 11.6. The number of carbonyl (C=O) groups is 1. The Labute approximate surface area is 195 Å². The van der Waals surface area contributed by atoms with Gasteiger partial charge >= 0.3 is 0 Å². The van der Waals surface area contributed by atoms with Crippen LogP contribution in [0.5, 0.6) is 5.75 Å². The van der Waals surface area contributed by atoms with Crippen LogP contribution in [0, 0.1) is 0 Å². The van der Waals surface area contributed by atoms with E-state index < -0.39 is 15.9 Å². The zero-order chi connectivity index (χ0) is 24.2. The summed E-state index contributed by atoms with van der Waals surface area (Å²) in [6.45, 7) is 8.26. The molecule has 0 atom stereocenters. The van der Waals surface area contributed by atoms with Crippen molar-refractivity contribution in [1.82, 2.24) is 14.3 Å². The number of methoxy groups -OCH3 is 1. The maximum Gasteiger partial charge on any atom is 0.255 e. The lowest BCUT2D eigenvalue weighted by atomic mass is 10.1. The molecule has 0 spiro atoms. The summed E-state index contributed by atoms with van der Waals surface area (Å²) in [5.74, 6) is 1.05. The molecule has 2 N–H and O–H groups in total. The minimum Gasteiger partial charge on any atom is -0.495 e. The lowest BCUT2D eigenvalue weighted by Crippen LogP contribution is -2.30.